The van der Waals surface area contributed by atoms with E-state index in [2.05, 4.69) is 36.9 Å². The molecule has 0 saturated carbocycles. The monoisotopic (exact) mass is 223 g/mol. The molecule has 1 rings (SSSR count). The summed E-state index contributed by atoms with van der Waals surface area (Å²) in [7, 11) is 3.76. The quantitative estimate of drug-likeness (QED) is 0.705. The molecule has 3 heteroatoms. The summed E-state index contributed by atoms with van der Waals surface area (Å²) < 4.78 is 0. The summed E-state index contributed by atoms with van der Waals surface area (Å²) in [6.45, 7) is 10.5. The standard InChI is InChI=1S/C11H19N3.C2H6/c1-6-7-9-10(8(2)3)13-14(5)11(9)12-4;1-2/h7-8H,6H2,1-5H3;1-2H3/b9-7-,12-11?;. The number of likely N-dealkylation sites (N-methyl/N-ethyl adjacent to an activating group) is 1. The predicted molar refractivity (Wildman–Crippen MR) is 73.1 cm³/mol. The van der Waals surface area contributed by atoms with Crippen LogP contribution in [0.5, 0.6) is 0 Å². The molecule has 0 aromatic heterocycles. The van der Waals surface area contributed by atoms with Crippen LogP contribution in [-0.4, -0.2) is 30.7 Å². The lowest BCUT2D eigenvalue weighted by molar-refractivity contribution is 0.554. The van der Waals surface area contributed by atoms with Crippen molar-refractivity contribution in [3.8, 4) is 0 Å². The van der Waals surface area contributed by atoms with E-state index in [4.69, 9.17) is 0 Å². The van der Waals surface area contributed by atoms with Gasteiger partial charge in [-0.05, 0) is 12.3 Å². The van der Waals surface area contributed by atoms with E-state index >= 15 is 0 Å². The van der Waals surface area contributed by atoms with Crippen molar-refractivity contribution in [1.82, 2.24) is 5.01 Å². The fourth-order valence-electron chi connectivity index (χ4n) is 1.64. The Kier molecular flexibility index (Phi) is 6.70. The summed E-state index contributed by atoms with van der Waals surface area (Å²) in [6.07, 6.45) is 3.22. The average Bonchev–Trinajstić information content (AvgIpc) is 2.59. The molecule has 1 aliphatic rings. The number of allylic oxidation sites excluding steroid dienone is 1. The Balaban J connectivity index is 0.00000106. The van der Waals surface area contributed by atoms with Crippen molar-refractivity contribution in [2.45, 2.75) is 41.0 Å². The number of hydrogen-bond acceptors (Lipinski definition) is 2. The van der Waals surface area contributed by atoms with Gasteiger partial charge in [0.2, 0.25) is 0 Å². The summed E-state index contributed by atoms with van der Waals surface area (Å²) in [4.78, 5) is 4.26. The molecule has 16 heavy (non-hydrogen) atoms. The molecule has 0 unspecified atom stereocenters. The fraction of sp³-hybridized carbons (Fsp3) is 0.692. The Labute approximate surface area is 99.9 Å². The van der Waals surface area contributed by atoms with E-state index in [1.807, 2.05) is 33.0 Å². The molecule has 0 spiro atoms. The van der Waals surface area contributed by atoms with Crippen LogP contribution in [-0.2, 0) is 0 Å². The van der Waals surface area contributed by atoms with Crippen molar-refractivity contribution in [2.24, 2.45) is 16.0 Å². The zero-order valence-corrected chi connectivity index (χ0v) is 11.7. The SMILES string of the molecule is CC.CC/C=C1/C(C(C)C)=NN(C)C1=NC. The highest BCUT2D eigenvalue weighted by Gasteiger charge is 2.25. The number of amidine groups is 1. The molecule has 0 aromatic rings. The lowest BCUT2D eigenvalue weighted by Gasteiger charge is -2.07. The molecule has 0 saturated heterocycles. The van der Waals surface area contributed by atoms with Gasteiger partial charge in [-0.25, -0.2) is 0 Å². The molecule has 0 aliphatic carbocycles. The summed E-state index contributed by atoms with van der Waals surface area (Å²) in [5.74, 6) is 1.44. The topological polar surface area (TPSA) is 28.0 Å². The van der Waals surface area contributed by atoms with Gasteiger partial charge in [-0.15, -0.1) is 0 Å². The fourth-order valence-corrected chi connectivity index (χ4v) is 1.64. The van der Waals surface area contributed by atoms with Gasteiger partial charge in [-0.2, -0.15) is 5.10 Å². The molecule has 3 nitrogen and oxygen atoms in total. The molecular formula is C13H25N3. The van der Waals surface area contributed by atoms with Crippen LogP contribution < -0.4 is 0 Å². The maximum Gasteiger partial charge on any atom is 0.152 e. The Morgan fingerprint density at radius 3 is 2.31 bits per heavy atom. The smallest absolute Gasteiger partial charge is 0.152 e. The molecule has 1 aliphatic heterocycles. The Hall–Kier alpha value is -1.12. The highest BCUT2D eigenvalue weighted by molar-refractivity contribution is 6.27. The van der Waals surface area contributed by atoms with Gasteiger partial charge in [0.05, 0.1) is 5.71 Å². The maximum absolute atomic E-state index is 4.49. The van der Waals surface area contributed by atoms with Crippen LogP contribution in [0.25, 0.3) is 0 Å². The van der Waals surface area contributed by atoms with E-state index in [9.17, 15) is 0 Å². The molecule has 1 heterocycles. The van der Waals surface area contributed by atoms with Gasteiger partial charge in [-0.3, -0.25) is 10.0 Å². The summed E-state index contributed by atoms with van der Waals surface area (Å²) in [5, 5.41) is 6.35. The van der Waals surface area contributed by atoms with E-state index in [1.54, 1.807) is 0 Å². The Morgan fingerprint density at radius 1 is 1.38 bits per heavy atom. The van der Waals surface area contributed by atoms with E-state index in [-0.39, 0.29) is 0 Å². The van der Waals surface area contributed by atoms with Gasteiger partial charge in [-0.1, -0.05) is 40.7 Å². The Morgan fingerprint density at radius 2 is 1.94 bits per heavy atom. The van der Waals surface area contributed by atoms with Crippen molar-refractivity contribution < 1.29 is 0 Å². The van der Waals surface area contributed by atoms with E-state index < -0.39 is 0 Å². The molecule has 92 valence electrons. The first-order chi connectivity index (χ1) is 7.61. The second-order valence-corrected chi connectivity index (χ2v) is 3.74. The minimum Gasteiger partial charge on any atom is -0.270 e. The highest BCUT2D eigenvalue weighted by Crippen LogP contribution is 2.20. The van der Waals surface area contributed by atoms with Crippen LogP contribution in [0.3, 0.4) is 0 Å². The normalized spacial score (nSPS) is 20.2. The first-order valence-electron chi connectivity index (χ1n) is 6.11. The number of nitrogens with zero attached hydrogens (tertiary/aromatic N) is 3. The van der Waals surface area contributed by atoms with Crippen molar-refractivity contribution in [1.29, 1.82) is 0 Å². The van der Waals surface area contributed by atoms with Crippen LogP contribution in [0.4, 0.5) is 0 Å². The highest BCUT2D eigenvalue weighted by atomic mass is 15.5. The van der Waals surface area contributed by atoms with Crippen molar-refractivity contribution in [3.05, 3.63) is 11.6 Å². The number of rotatable bonds is 2. The van der Waals surface area contributed by atoms with Crippen LogP contribution in [0.1, 0.15) is 41.0 Å². The zero-order chi connectivity index (χ0) is 12.7. The molecule has 0 bridgehead atoms. The van der Waals surface area contributed by atoms with Crippen LogP contribution in [0.15, 0.2) is 21.7 Å². The van der Waals surface area contributed by atoms with Gasteiger partial charge < -0.3 is 0 Å². The largest absolute Gasteiger partial charge is 0.270 e. The summed E-state index contributed by atoms with van der Waals surface area (Å²) in [6, 6.07) is 0. The summed E-state index contributed by atoms with van der Waals surface area (Å²) >= 11 is 0. The molecule has 0 radical (unpaired) electrons. The van der Waals surface area contributed by atoms with Crippen LogP contribution in [0, 0.1) is 5.92 Å². The molecule has 0 fully saturated rings. The second kappa shape index (κ2) is 7.20. The molecule has 0 atom stereocenters. The predicted octanol–water partition coefficient (Wildman–Crippen LogP) is 3.33. The number of hydrogen-bond donors (Lipinski definition) is 0. The zero-order valence-electron chi connectivity index (χ0n) is 11.7. The first kappa shape index (κ1) is 14.9. The second-order valence-electron chi connectivity index (χ2n) is 3.74. The molecule has 0 amide bonds. The molecular weight excluding hydrogens is 198 g/mol. The third-order valence-corrected chi connectivity index (χ3v) is 2.25. The number of hydrazone groups is 1. The van der Waals surface area contributed by atoms with Crippen molar-refractivity contribution >= 4 is 11.5 Å². The van der Waals surface area contributed by atoms with Gasteiger partial charge >= 0.3 is 0 Å². The van der Waals surface area contributed by atoms with Gasteiger partial charge in [0.25, 0.3) is 0 Å². The van der Waals surface area contributed by atoms with Crippen molar-refractivity contribution in [2.75, 3.05) is 14.1 Å². The minimum absolute atomic E-state index is 0.453. The lowest BCUT2D eigenvalue weighted by atomic mass is 9.99. The van der Waals surface area contributed by atoms with E-state index in [0.29, 0.717) is 5.92 Å². The average molecular weight is 223 g/mol. The van der Waals surface area contributed by atoms with E-state index in [1.165, 1.54) is 5.57 Å². The number of aliphatic imine (C=N–C) groups is 1. The summed E-state index contributed by atoms with van der Waals surface area (Å²) in [5.41, 5.74) is 2.35. The van der Waals surface area contributed by atoms with Gasteiger partial charge in [0.1, 0.15) is 0 Å². The van der Waals surface area contributed by atoms with Gasteiger partial charge in [0, 0.05) is 19.7 Å². The van der Waals surface area contributed by atoms with Crippen molar-refractivity contribution in [3.63, 3.8) is 0 Å². The van der Waals surface area contributed by atoms with Gasteiger partial charge in [0.15, 0.2) is 5.84 Å². The molecule has 0 N–H and O–H groups in total. The third-order valence-electron chi connectivity index (χ3n) is 2.25. The maximum atomic E-state index is 4.49. The van der Waals surface area contributed by atoms with E-state index in [0.717, 1.165) is 18.0 Å². The third kappa shape index (κ3) is 3.19. The Bertz CT molecular complexity index is 298. The van der Waals surface area contributed by atoms with Crippen LogP contribution >= 0.6 is 0 Å². The van der Waals surface area contributed by atoms with Crippen LogP contribution in [0.2, 0.25) is 0 Å². The lowest BCUT2D eigenvalue weighted by Crippen LogP contribution is -2.18. The first-order valence-corrected chi connectivity index (χ1v) is 6.11. The molecule has 0 aromatic carbocycles. The minimum atomic E-state index is 0.453.